The number of amides is 1. The molecule has 0 unspecified atom stereocenters. The van der Waals surface area contributed by atoms with E-state index in [-0.39, 0.29) is 11.9 Å². The van der Waals surface area contributed by atoms with E-state index in [4.69, 9.17) is 0 Å². The van der Waals surface area contributed by atoms with Crippen molar-refractivity contribution in [2.45, 2.75) is 13.0 Å². The summed E-state index contributed by atoms with van der Waals surface area (Å²) in [5.74, 6) is -0.109. The molecule has 0 aliphatic rings. The van der Waals surface area contributed by atoms with E-state index in [0.29, 0.717) is 5.56 Å². The van der Waals surface area contributed by atoms with Crippen LogP contribution in [0.5, 0.6) is 0 Å². The van der Waals surface area contributed by atoms with Crippen molar-refractivity contribution >= 4 is 17.2 Å². The van der Waals surface area contributed by atoms with Crippen molar-refractivity contribution < 1.29 is 4.79 Å². The van der Waals surface area contributed by atoms with Gasteiger partial charge in [-0.05, 0) is 30.0 Å². The van der Waals surface area contributed by atoms with Crippen molar-refractivity contribution in [3.63, 3.8) is 0 Å². The van der Waals surface area contributed by atoms with Crippen molar-refractivity contribution in [1.82, 2.24) is 10.3 Å². The Hall–Kier alpha value is -2.46. The summed E-state index contributed by atoms with van der Waals surface area (Å²) in [5, 5.41) is 5.02. The monoisotopic (exact) mass is 308 g/mol. The van der Waals surface area contributed by atoms with Crippen LogP contribution in [-0.4, -0.2) is 10.9 Å². The minimum atomic E-state index is -0.109. The molecule has 0 bridgehead atoms. The number of hydrogen-bond donors (Lipinski definition) is 1. The second-order valence-electron chi connectivity index (χ2n) is 5.05. The maximum atomic E-state index is 12.4. The molecule has 1 amide bonds. The fourth-order valence-electron chi connectivity index (χ4n) is 2.25. The van der Waals surface area contributed by atoms with Gasteiger partial charge in [-0.3, -0.25) is 9.78 Å². The Labute approximate surface area is 133 Å². The number of nitrogens with zero attached hydrogens (tertiary/aromatic N) is 1. The molecule has 2 aromatic heterocycles. The summed E-state index contributed by atoms with van der Waals surface area (Å²) in [7, 11) is 0. The van der Waals surface area contributed by atoms with Gasteiger partial charge < -0.3 is 5.32 Å². The second kappa shape index (κ2) is 6.54. The first-order chi connectivity index (χ1) is 10.7. The Morgan fingerprint density at radius 2 is 1.95 bits per heavy atom. The highest BCUT2D eigenvalue weighted by molar-refractivity contribution is 7.13. The van der Waals surface area contributed by atoms with Gasteiger partial charge in [0, 0.05) is 22.8 Å². The van der Waals surface area contributed by atoms with Crippen LogP contribution < -0.4 is 5.32 Å². The Bertz CT molecular complexity index is 754. The van der Waals surface area contributed by atoms with Crippen molar-refractivity contribution in [2.24, 2.45) is 0 Å². The van der Waals surface area contributed by atoms with Gasteiger partial charge >= 0.3 is 0 Å². The van der Waals surface area contributed by atoms with E-state index in [9.17, 15) is 4.79 Å². The standard InChI is InChI=1S/C18H16N2OS/c1-13(14-6-3-2-4-7-14)20-18(21)16-10-15(11-19-12-16)17-8-5-9-22-17/h2-13H,1H3,(H,20,21)/t13-/m1/s1. The Morgan fingerprint density at radius 3 is 2.68 bits per heavy atom. The summed E-state index contributed by atoms with van der Waals surface area (Å²) in [4.78, 5) is 17.7. The first-order valence-electron chi connectivity index (χ1n) is 7.09. The SMILES string of the molecule is C[C@@H](NC(=O)c1cncc(-c2cccs2)c1)c1ccccc1. The number of rotatable bonds is 4. The third kappa shape index (κ3) is 3.23. The number of nitrogens with one attached hydrogen (secondary N) is 1. The van der Waals surface area contributed by atoms with Gasteiger partial charge in [-0.15, -0.1) is 11.3 Å². The molecule has 110 valence electrons. The molecule has 3 nitrogen and oxygen atoms in total. The molecule has 3 rings (SSSR count). The van der Waals surface area contributed by atoms with Crippen molar-refractivity contribution in [3.05, 3.63) is 77.4 Å². The van der Waals surface area contributed by atoms with Crippen molar-refractivity contribution in [2.75, 3.05) is 0 Å². The quantitative estimate of drug-likeness (QED) is 0.780. The van der Waals surface area contributed by atoms with E-state index in [2.05, 4.69) is 10.3 Å². The molecular weight excluding hydrogens is 292 g/mol. The van der Waals surface area contributed by atoms with Crippen LogP contribution in [0.15, 0.2) is 66.3 Å². The molecule has 2 heterocycles. The van der Waals surface area contributed by atoms with Gasteiger partial charge in [-0.25, -0.2) is 0 Å². The molecule has 4 heteroatoms. The number of hydrogen-bond acceptors (Lipinski definition) is 3. The fraction of sp³-hybridized carbons (Fsp3) is 0.111. The third-order valence-electron chi connectivity index (χ3n) is 3.45. The van der Waals surface area contributed by atoms with Crippen LogP contribution in [0.2, 0.25) is 0 Å². The van der Waals surface area contributed by atoms with E-state index in [0.717, 1.165) is 16.0 Å². The van der Waals surface area contributed by atoms with Crippen LogP contribution >= 0.6 is 11.3 Å². The predicted molar refractivity (Wildman–Crippen MR) is 89.9 cm³/mol. The molecule has 0 spiro atoms. The summed E-state index contributed by atoms with van der Waals surface area (Å²) in [6.45, 7) is 1.98. The molecule has 0 radical (unpaired) electrons. The van der Waals surface area contributed by atoms with Crippen LogP contribution in [0.1, 0.15) is 28.9 Å². The third-order valence-corrected chi connectivity index (χ3v) is 4.37. The smallest absolute Gasteiger partial charge is 0.253 e. The maximum absolute atomic E-state index is 12.4. The molecule has 1 N–H and O–H groups in total. The lowest BCUT2D eigenvalue weighted by Crippen LogP contribution is -2.26. The topological polar surface area (TPSA) is 42.0 Å². The molecule has 0 saturated carbocycles. The van der Waals surface area contributed by atoms with Crippen LogP contribution in [0, 0.1) is 0 Å². The molecule has 0 aliphatic carbocycles. The molecular formula is C18H16N2OS. The first-order valence-corrected chi connectivity index (χ1v) is 7.97. The highest BCUT2D eigenvalue weighted by Crippen LogP contribution is 2.24. The minimum Gasteiger partial charge on any atom is -0.345 e. The summed E-state index contributed by atoms with van der Waals surface area (Å²) in [6.07, 6.45) is 3.38. The molecule has 0 aliphatic heterocycles. The number of carbonyl (C=O) groups is 1. The molecule has 1 atom stereocenters. The highest BCUT2D eigenvalue weighted by Gasteiger charge is 2.12. The van der Waals surface area contributed by atoms with Gasteiger partial charge in [-0.1, -0.05) is 36.4 Å². The molecule has 22 heavy (non-hydrogen) atoms. The largest absolute Gasteiger partial charge is 0.345 e. The Kier molecular flexibility index (Phi) is 4.30. The molecule has 0 saturated heterocycles. The Balaban J connectivity index is 1.77. The van der Waals surface area contributed by atoms with Crippen LogP contribution in [0.25, 0.3) is 10.4 Å². The highest BCUT2D eigenvalue weighted by atomic mass is 32.1. The first kappa shape index (κ1) is 14.5. The van der Waals surface area contributed by atoms with Gasteiger partial charge in [0.15, 0.2) is 0 Å². The van der Waals surface area contributed by atoms with E-state index < -0.39 is 0 Å². The zero-order valence-electron chi connectivity index (χ0n) is 12.2. The lowest BCUT2D eigenvalue weighted by molar-refractivity contribution is 0.0939. The minimum absolute atomic E-state index is 0.0425. The fourth-order valence-corrected chi connectivity index (χ4v) is 2.96. The van der Waals surface area contributed by atoms with Gasteiger partial charge in [0.25, 0.3) is 5.91 Å². The van der Waals surface area contributed by atoms with E-state index >= 15 is 0 Å². The van der Waals surface area contributed by atoms with Crippen LogP contribution in [0.3, 0.4) is 0 Å². The van der Waals surface area contributed by atoms with Gasteiger partial charge in [0.05, 0.1) is 11.6 Å². The van der Waals surface area contributed by atoms with E-state index in [1.165, 1.54) is 0 Å². The maximum Gasteiger partial charge on any atom is 0.253 e. The molecule has 3 aromatic rings. The van der Waals surface area contributed by atoms with Gasteiger partial charge in [0.2, 0.25) is 0 Å². The number of benzene rings is 1. The van der Waals surface area contributed by atoms with Crippen LogP contribution in [0.4, 0.5) is 0 Å². The van der Waals surface area contributed by atoms with E-state index in [1.807, 2.05) is 60.8 Å². The number of thiophene rings is 1. The number of carbonyl (C=O) groups excluding carboxylic acids is 1. The molecule has 0 fully saturated rings. The Morgan fingerprint density at radius 1 is 1.14 bits per heavy atom. The summed E-state index contributed by atoms with van der Waals surface area (Å²) in [6, 6.07) is 15.8. The molecule has 1 aromatic carbocycles. The lowest BCUT2D eigenvalue weighted by Gasteiger charge is -2.14. The van der Waals surface area contributed by atoms with E-state index in [1.54, 1.807) is 23.7 Å². The lowest BCUT2D eigenvalue weighted by atomic mass is 10.1. The van der Waals surface area contributed by atoms with Crippen molar-refractivity contribution in [3.8, 4) is 10.4 Å². The zero-order chi connectivity index (χ0) is 15.4. The summed E-state index contributed by atoms with van der Waals surface area (Å²) < 4.78 is 0. The number of pyridine rings is 1. The summed E-state index contributed by atoms with van der Waals surface area (Å²) >= 11 is 1.64. The van der Waals surface area contributed by atoms with Gasteiger partial charge in [0.1, 0.15) is 0 Å². The van der Waals surface area contributed by atoms with Crippen LogP contribution in [-0.2, 0) is 0 Å². The predicted octanol–water partition coefficient (Wildman–Crippen LogP) is 4.30. The zero-order valence-corrected chi connectivity index (χ0v) is 13.0. The average Bonchev–Trinajstić information content (AvgIpc) is 3.10. The normalized spacial score (nSPS) is 11.9. The number of aromatic nitrogens is 1. The van der Waals surface area contributed by atoms with Gasteiger partial charge in [-0.2, -0.15) is 0 Å². The second-order valence-corrected chi connectivity index (χ2v) is 5.99. The average molecular weight is 308 g/mol. The summed E-state index contributed by atoms with van der Waals surface area (Å²) in [5.41, 5.74) is 2.63. The van der Waals surface area contributed by atoms with Crippen molar-refractivity contribution in [1.29, 1.82) is 0 Å².